The van der Waals surface area contributed by atoms with E-state index in [1.165, 1.54) is 24.3 Å². The lowest BCUT2D eigenvalue weighted by molar-refractivity contribution is -0.274. The number of aliphatic carboxylic acids is 1. The number of aryl methyl sites for hydroxylation is 2. The molecular formula is C24H20F3NO4. The number of pyridine rings is 1. The highest BCUT2D eigenvalue weighted by atomic mass is 19.4. The number of aromatic nitrogens is 1. The Bertz CT molecular complexity index is 1310. The SMILES string of the molecule is CCn1c(=O)c2c(c3cc(-c4cc(/C=C/C(=O)O)ccc4OC(F)(F)F)ccc31)CCC2. The molecule has 0 bridgehead atoms. The summed E-state index contributed by atoms with van der Waals surface area (Å²) in [7, 11) is 0. The van der Waals surface area contributed by atoms with Crippen molar-refractivity contribution in [3.63, 3.8) is 0 Å². The number of benzene rings is 2. The first kappa shape index (κ1) is 21.7. The minimum atomic E-state index is -4.88. The van der Waals surface area contributed by atoms with Gasteiger partial charge < -0.3 is 14.4 Å². The van der Waals surface area contributed by atoms with Gasteiger partial charge in [0.15, 0.2) is 0 Å². The van der Waals surface area contributed by atoms with Crippen LogP contribution in [0.2, 0.25) is 0 Å². The number of hydrogen-bond acceptors (Lipinski definition) is 3. The van der Waals surface area contributed by atoms with Gasteiger partial charge in [-0.3, -0.25) is 4.79 Å². The Morgan fingerprint density at radius 3 is 2.59 bits per heavy atom. The monoisotopic (exact) mass is 443 g/mol. The average Bonchev–Trinajstić information content (AvgIpc) is 3.23. The first-order chi connectivity index (χ1) is 15.2. The van der Waals surface area contributed by atoms with Gasteiger partial charge in [0.25, 0.3) is 5.56 Å². The zero-order chi connectivity index (χ0) is 23.0. The molecule has 4 rings (SSSR count). The normalized spacial score (nSPS) is 13.6. The lowest BCUT2D eigenvalue weighted by Crippen LogP contribution is -2.23. The summed E-state index contributed by atoms with van der Waals surface area (Å²) in [4.78, 5) is 23.6. The van der Waals surface area contributed by atoms with Crippen molar-refractivity contribution in [1.29, 1.82) is 0 Å². The maximum absolute atomic E-state index is 13.0. The van der Waals surface area contributed by atoms with Crippen molar-refractivity contribution in [3.05, 3.63) is 69.5 Å². The Hall–Kier alpha value is -3.55. The molecule has 2 aromatic carbocycles. The number of alkyl halides is 3. The smallest absolute Gasteiger partial charge is 0.478 e. The second-order valence-electron chi connectivity index (χ2n) is 7.57. The third-order valence-corrected chi connectivity index (χ3v) is 5.61. The van der Waals surface area contributed by atoms with E-state index in [1.54, 1.807) is 22.8 Å². The molecule has 1 heterocycles. The van der Waals surface area contributed by atoms with Gasteiger partial charge in [-0.15, -0.1) is 13.2 Å². The summed E-state index contributed by atoms with van der Waals surface area (Å²) in [5, 5.41) is 9.69. The first-order valence-corrected chi connectivity index (χ1v) is 10.2. The fourth-order valence-electron chi connectivity index (χ4n) is 4.30. The first-order valence-electron chi connectivity index (χ1n) is 10.2. The second-order valence-corrected chi connectivity index (χ2v) is 7.57. The summed E-state index contributed by atoms with van der Waals surface area (Å²) in [5.74, 6) is -1.55. The summed E-state index contributed by atoms with van der Waals surface area (Å²) in [6.45, 7) is 2.36. The van der Waals surface area contributed by atoms with Crippen molar-refractivity contribution >= 4 is 22.9 Å². The molecule has 0 saturated carbocycles. The predicted molar refractivity (Wildman–Crippen MR) is 115 cm³/mol. The van der Waals surface area contributed by atoms with Crippen LogP contribution in [0, 0.1) is 0 Å². The van der Waals surface area contributed by atoms with Crippen molar-refractivity contribution in [1.82, 2.24) is 4.57 Å². The Kier molecular flexibility index (Phi) is 5.54. The van der Waals surface area contributed by atoms with Gasteiger partial charge >= 0.3 is 12.3 Å². The minimum Gasteiger partial charge on any atom is -0.478 e. The number of ether oxygens (including phenoxy) is 1. The predicted octanol–water partition coefficient (Wildman–Crippen LogP) is 5.17. The van der Waals surface area contributed by atoms with Crippen LogP contribution in [0.25, 0.3) is 28.1 Å². The lowest BCUT2D eigenvalue weighted by Gasteiger charge is -2.17. The third-order valence-electron chi connectivity index (χ3n) is 5.61. The van der Waals surface area contributed by atoms with E-state index in [2.05, 4.69) is 4.74 Å². The van der Waals surface area contributed by atoms with Gasteiger partial charge in [0, 0.05) is 29.1 Å². The van der Waals surface area contributed by atoms with Crippen molar-refractivity contribution in [3.8, 4) is 16.9 Å². The highest BCUT2D eigenvalue weighted by molar-refractivity contribution is 5.90. The minimum absolute atomic E-state index is 0.0119. The molecule has 8 heteroatoms. The number of carboxylic acids is 1. The van der Waals surface area contributed by atoms with Crippen LogP contribution < -0.4 is 10.3 Å². The van der Waals surface area contributed by atoms with E-state index in [0.717, 1.165) is 40.9 Å². The van der Waals surface area contributed by atoms with E-state index in [4.69, 9.17) is 5.11 Å². The molecule has 0 atom stereocenters. The zero-order valence-electron chi connectivity index (χ0n) is 17.2. The third kappa shape index (κ3) is 4.12. The molecular weight excluding hydrogens is 423 g/mol. The van der Waals surface area contributed by atoms with Crippen molar-refractivity contribution < 1.29 is 27.8 Å². The number of hydrogen-bond donors (Lipinski definition) is 1. The largest absolute Gasteiger partial charge is 0.573 e. The molecule has 0 unspecified atom stereocenters. The van der Waals surface area contributed by atoms with Crippen LogP contribution in [0.1, 0.15) is 30.0 Å². The molecule has 32 heavy (non-hydrogen) atoms. The Morgan fingerprint density at radius 2 is 1.91 bits per heavy atom. The van der Waals surface area contributed by atoms with Gasteiger partial charge in [0.2, 0.25) is 0 Å². The molecule has 0 spiro atoms. The summed E-state index contributed by atoms with van der Waals surface area (Å²) in [6.07, 6.45) is -0.384. The molecule has 0 aliphatic heterocycles. The van der Waals surface area contributed by atoms with Gasteiger partial charge in [0.05, 0.1) is 5.52 Å². The summed E-state index contributed by atoms with van der Waals surface area (Å²) in [6, 6.07) is 9.17. The molecule has 1 aliphatic carbocycles. The van der Waals surface area contributed by atoms with E-state index < -0.39 is 12.3 Å². The van der Waals surface area contributed by atoms with E-state index in [9.17, 15) is 22.8 Å². The van der Waals surface area contributed by atoms with Crippen LogP contribution in [0.4, 0.5) is 13.2 Å². The molecule has 166 valence electrons. The number of carbonyl (C=O) groups is 1. The number of carboxylic acid groups (broad SMARTS) is 1. The van der Waals surface area contributed by atoms with Crippen molar-refractivity contribution in [2.45, 2.75) is 39.1 Å². The van der Waals surface area contributed by atoms with Crippen molar-refractivity contribution in [2.75, 3.05) is 0 Å². The maximum Gasteiger partial charge on any atom is 0.573 e. The number of halogens is 3. The Balaban J connectivity index is 1.94. The summed E-state index contributed by atoms with van der Waals surface area (Å²) < 4.78 is 45.0. The van der Waals surface area contributed by atoms with E-state index in [1.807, 2.05) is 6.92 Å². The summed E-state index contributed by atoms with van der Waals surface area (Å²) in [5.41, 5.74) is 3.51. The van der Waals surface area contributed by atoms with Crippen LogP contribution >= 0.6 is 0 Å². The molecule has 0 saturated heterocycles. The van der Waals surface area contributed by atoms with Crippen LogP contribution in [0.5, 0.6) is 5.75 Å². The number of rotatable bonds is 5. The Morgan fingerprint density at radius 1 is 1.16 bits per heavy atom. The molecule has 1 N–H and O–H groups in total. The maximum atomic E-state index is 13.0. The summed E-state index contributed by atoms with van der Waals surface area (Å²) >= 11 is 0. The molecule has 3 aromatic rings. The molecule has 0 amide bonds. The fourth-order valence-corrected chi connectivity index (χ4v) is 4.30. The van der Waals surface area contributed by atoms with Gasteiger partial charge in [-0.1, -0.05) is 12.1 Å². The quantitative estimate of drug-likeness (QED) is 0.552. The van der Waals surface area contributed by atoms with E-state index >= 15 is 0 Å². The highest BCUT2D eigenvalue weighted by Gasteiger charge is 2.32. The van der Waals surface area contributed by atoms with Crippen LogP contribution in [-0.2, 0) is 24.2 Å². The number of nitrogens with zero attached hydrogens (tertiary/aromatic N) is 1. The average molecular weight is 443 g/mol. The molecule has 1 aromatic heterocycles. The molecule has 0 fully saturated rings. The standard InChI is InChI=1S/C24H20F3NO4/c1-2-28-20-9-8-15(13-19(20)16-4-3-5-17(16)23(28)31)18-12-14(7-11-22(29)30)6-10-21(18)32-24(25,26)27/h6-13H,2-5H2,1H3,(H,29,30)/b11-7+. The molecule has 1 aliphatic rings. The van der Waals surface area contributed by atoms with E-state index in [0.29, 0.717) is 24.1 Å². The zero-order valence-corrected chi connectivity index (χ0v) is 17.2. The fraction of sp³-hybridized carbons (Fsp3) is 0.250. The van der Waals surface area contributed by atoms with Crippen LogP contribution in [-0.4, -0.2) is 22.0 Å². The van der Waals surface area contributed by atoms with Crippen LogP contribution in [0.3, 0.4) is 0 Å². The molecule has 0 radical (unpaired) electrons. The topological polar surface area (TPSA) is 68.5 Å². The van der Waals surface area contributed by atoms with Crippen LogP contribution in [0.15, 0.2) is 47.3 Å². The lowest BCUT2D eigenvalue weighted by atomic mass is 9.97. The molecule has 5 nitrogen and oxygen atoms in total. The Labute approximate surface area is 181 Å². The van der Waals surface area contributed by atoms with Crippen molar-refractivity contribution in [2.24, 2.45) is 0 Å². The highest BCUT2D eigenvalue weighted by Crippen LogP contribution is 2.37. The van der Waals surface area contributed by atoms with Gasteiger partial charge in [-0.2, -0.15) is 0 Å². The van der Waals surface area contributed by atoms with Gasteiger partial charge in [-0.25, -0.2) is 4.79 Å². The van der Waals surface area contributed by atoms with Gasteiger partial charge in [-0.05, 0) is 73.2 Å². The van der Waals surface area contributed by atoms with Gasteiger partial charge in [0.1, 0.15) is 5.75 Å². The van der Waals surface area contributed by atoms with E-state index in [-0.39, 0.29) is 16.9 Å². The second kappa shape index (κ2) is 8.18. The number of fused-ring (bicyclic) bond motifs is 3.